The van der Waals surface area contributed by atoms with Crippen molar-refractivity contribution in [3.8, 4) is 22.8 Å². The van der Waals surface area contributed by atoms with Crippen LogP contribution in [0.5, 0.6) is 11.5 Å². The van der Waals surface area contributed by atoms with Gasteiger partial charge in [0, 0.05) is 18.2 Å². The molecule has 0 aliphatic carbocycles. The first-order valence-electron chi connectivity index (χ1n) is 8.16. The fraction of sp³-hybridized carbons (Fsp3) is 0.412. The Kier molecular flexibility index (Phi) is 7.14. The molecule has 1 aromatic carbocycles. The second-order valence-corrected chi connectivity index (χ2v) is 5.91. The van der Waals surface area contributed by atoms with Crippen LogP contribution in [0.4, 0.5) is 0 Å². The first kappa shape index (κ1) is 20.4. The Labute approximate surface area is 163 Å². The SMILES string of the molecule is Cl.Cl.O=C(NC1CCCNC1)c1ncoc1-c1ccc2c(c1)OCCO2. The number of amides is 1. The molecule has 0 spiro atoms. The van der Waals surface area contributed by atoms with Gasteiger partial charge in [-0.3, -0.25) is 4.79 Å². The Morgan fingerprint density at radius 2 is 2.00 bits per heavy atom. The zero-order valence-electron chi connectivity index (χ0n) is 14.0. The topological polar surface area (TPSA) is 85.6 Å². The lowest BCUT2D eigenvalue weighted by Gasteiger charge is -2.23. The number of aromatic nitrogens is 1. The normalized spacial score (nSPS) is 18.2. The second-order valence-electron chi connectivity index (χ2n) is 5.91. The number of hydrogen-bond donors (Lipinski definition) is 2. The molecule has 26 heavy (non-hydrogen) atoms. The van der Waals surface area contributed by atoms with Crippen LogP contribution in [0.25, 0.3) is 11.3 Å². The van der Waals surface area contributed by atoms with Crippen LogP contribution in [0.15, 0.2) is 29.0 Å². The molecule has 1 saturated heterocycles. The summed E-state index contributed by atoms with van der Waals surface area (Å²) in [4.78, 5) is 16.6. The summed E-state index contributed by atoms with van der Waals surface area (Å²) >= 11 is 0. The largest absolute Gasteiger partial charge is 0.486 e. The molecular weight excluding hydrogens is 381 g/mol. The van der Waals surface area contributed by atoms with Crippen molar-refractivity contribution in [3.05, 3.63) is 30.3 Å². The molecule has 1 amide bonds. The summed E-state index contributed by atoms with van der Waals surface area (Å²) in [5, 5.41) is 6.29. The minimum absolute atomic E-state index is 0. The van der Waals surface area contributed by atoms with Gasteiger partial charge in [-0.05, 0) is 37.6 Å². The quantitative estimate of drug-likeness (QED) is 0.821. The molecule has 1 fully saturated rings. The summed E-state index contributed by atoms with van der Waals surface area (Å²) in [6, 6.07) is 5.59. The molecular formula is C17H21Cl2N3O4. The van der Waals surface area contributed by atoms with Gasteiger partial charge in [0.15, 0.2) is 29.3 Å². The Hall–Kier alpha value is -1.96. The summed E-state index contributed by atoms with van der Waals surface area (Å²) in [7, 11) is 0. The number of halogens is 2. The molecule has 1 aromatic heterocycles. The molecule has 1 unspecified atom stereocenters. The van der Waals surface area contributed by atoms with Crippen molar-refractivity contribution in [2.45, 2.75) is 18.9 Å². The fourth-order valence-corrected chi connectivity index (χ4v) is 3.03. The van der Waals surface area contributed by atoms with Gasteiger partial charge in [-0.2, -0.15) is 0 Å². The van der Waals surface area contributed by atoms with Crippen molar-refractivity contribution < 1.29 is 18.7 Å². The lowest BCUT2D eigenvalue weighted by Crippen LogP contribution is -2.45. The van der Waals surface area contributed by atoms with E-state index in [0.29, 0.717) is 30.5 Å². The Morgan fingerprint density at radius 3 is 2.77 bits per heavy atom. The lowest BCUT2D eigenvalue weighted by atomic mass is 10.1. The number of oxazole rings is 1. The summed E-state index contributed by atoms with van der Waals surface area (Å²) < 4.78 is 16.6. The van der Waals surface area contributed by atoms with E-state index >= 15 is 0 Å². The molecule has 7 nitrogen and oxygen atoms in total. The van der Waals surface area contributed by atoms with Crippen LogP contribution in [-0.4, -0.2) is 43.2 Å². The van der Waals surface area contributed by atoms with E-state index in [1.54, 1.807) is 0 Å². The van der Waals surface area contributed by atoms with E-state index in [1.807, 2.05) is 18.2 Å². The van der Waals surface area contributed by atoms with E-state index in [-0.39, 0.29) is 42.5 Å². The van der Waals surface area contributed by atoms with Crippen molar-refractivity contribution in [2.75, 3.05) is 26.3 Å². The molecule has 0 bridgehead atoms. The van der Waals surface area contributed by atoms with E-state index in [4.69, 9.17) is 13.9 Å². The summed E-state index contributed by atoms with van der Waals surface area (Å²) in [5.74, 6) is 1.57. The van der Waals surface area contributed by atoms with Crippen molar-refractivity contribution in [3.63, 3.8) is 0 Å². The van der Waals surface area contributed by atoms with Crippen molar-refractivity contribution in [1.82, 2.24) is 15.6 Å². The highest BCUT2D eigenvalue weighted by molar-refractivity contribution is 5.97. The maximum Gasteiger partial charge on any atom is 0.274 e. The second kappa shape index (κ2) is 9.12. The van der Waals surface area contributed by atoms with Gasteiger partial charge in [-0.1, -0.05) is 0 Å². The molecule has 2 aliphatic heterocycles. The lowest BCUT2D eigenvalue weighted by molar-refractivity contribution is 0.0926. The summed E-state index contributed by atoms with van der Waals surface area (Å²) in [6.07, 6.45) is 3.31. The number of benzene rings is 1. The third-order valence-corrected chi connectivity index (χ3v) is 4.22. The highest BCUT2D eigenvalue weighted by atomic mass is 35.5. The van der Waals surface area contributed by atoms with E-state index in [0.717, 1.165) is 31.5 Å². The predicted octanol–water partition coefficient (Wildman–Crippen LogP) is 2.44. The number of rotatable bonds is 3. The van der Waals surface area contributed by atoms with Crippen LogP contribution in [0.2, 0.25) is 0 Å². The molecule has 142 valence electrons. The Bertz CT molecular complexity index is 747. The monoisotopic (exact) mass is 401 g/mol. The number of nitrogens with one attached hydrogen (secondary N) is 2. The van der Waals surface area contributed by atoms with E-state index in [2.05, 4.69) is 15.6 Å². The van der Waals surface area contributed by atoms with Gasteiger partial charge in [-0.25, -0.2) is 4.98 Å². The van der Waals surface area contributed by atoms with Gasteiger partial charge in [-0.15, -0.1) is 24.8 Å². The minimum Gasteiger partial charge on any atom is -0.486 e. The van der Waals surface area contributed by atoms with Gasteiger partial charge < -0.3 is 24.5 Å². The number of hydrogen-bond acceptors (Lipinski definition) is 6. The average molecular weight is 402 g/mol. The van der Waals surface area contributed by atoms with Gasteiger partial charge in [0.05, 0.1) is 0 Å². The third-order valence-electron chi connectivity index (χ3n) is 4.22. The van der Waals surface area contributed by atoms with Gasteiger partial charge in [0.1, 0.15) is 13.2 Å². The molecule has 9 heteroatoms. The smallest absolute Gasteiger partial charge is 0.274 e. The standard InChI is InChI=1S/C17H19N3O4.2ClH/c21-17(20-12-2-1-5-18-9-12)15-16(24-10-19-15)11-3-4-13-14(8-11)23-7-6-22-13;;/h3-4,8,10,12,18H,1-2,5-7,9H2,(H,20,21);2*1H. The highest BCUT2D eigenvalue weighted by Crippen LogP contribution is 2.35. The number of ether oxygens (including phenoxy) is 2. The van der Waals surface area contributed by atoms with Crippen LogP contribution in [-0.2, 0) is 0 Å². The molecule has 2 N–H and O–H groups in total. The van der Waals surface area contributed by atoms with E-state index < -0.39 is 0 Å². The molecule has 2 aliphatic rings. The maximum atomic E-state index is 12.5. The van der Waals surface area contributed by atoms with Crippen LogP contribution < -0.4 is 20.1 Å². The summed E-state index contributed by atoms with van der Waals surface area (Å²) in [5.41, 5.74) is 1.03. The number of carbonyl (C=O) groups is 1. The van der Waals surface area contributed by atoms with E-state index in [9.17, 15) is 4.79 Å². The first-order valence-corrected chi connectivity index (χ1v) is 8.16. The molecule has 3 heterocycles. The zero-order chi connectivity index (χ0) is 16.4. The van der Waals surface area contributed by atoms with Crippen LogP contribution >= 0.6 is 24.8 Å². The van der Waals surface area contributed by atoms with Gasteiger partial charge in [0.25, 0.3) is 5.91 Å². The van der Waals surface area contributed by atoms with Gasteiger partial charge >= 0.3 is 0 Å². The molecule has 1 atom stereocenters. The molecule has 4 rings (SSSR count). The number of nitrogens with zero attached hydrogens (tertiary/aromatic N) is 1. The summed E-state index contributed by atoms with van der Waals surface area (Å²) in [6.45, 7) is 2.83. The number of carbonyl (C=O) groups excluding carboxylic acids is 1. The predicted molar refractivity (Wildman–Crippen MR) is 101 cm³/mol. The maximum absolute atomic E-state index is 12.5. The third kappa shape index (κ3) is 4.23. The molecule has 2 aromatic rings. The van der Waals surface area contributed by atoms with Crippen LogP contribution in [0, 0.1) is 0 Å². The molecule has 0 radical (unpaired) electrons. The van der Waals surface area contributed by atoms with E-state index in [1.165, 1.54) is 6.39 Å². The number of piperidine rings is 1. The van der Waals surface area contributed by atoms with Crippen LogP contribution in [0.1, 0.15) is 23.3 Å². The van der Waals surface area contributed by atoms with Crippen molar-refractivity contribution in [2.24, 2.45) is 0 Å². The Morgan fingerprint density at radius 1 is 1.19 bits per heavy atom. The van der Waals surface area contributed by atoms with Crippen molar-refractivity contribution in [1.29, 1.82) is 0 Å². The average Bonchev–Trinajstić information content (AvgIpc) is 3.12. The van der Waals surface area contributed by atoms with Crippen molar-refractivity contribution >= 4 is 30.7 Å². The van der Waals surface area contributed by atoms with Gasteiger partial charge in [0.2, 0.25) is 0 Å². The minimum atomic E-state index is -0.220. The molecule has 0 saturated carbocycles. The Balaban J connectivity index is 0.00000121. The zero-order valence-corrected chi connectivity index (χ0v) is 15.7. The first-order chi connectivity index (χ1) is 11.8. The fourth-order valence-electron chi connectivity index (χ4n) is 3.03. The van der Waals surface area contributed by atoms with Crippen LogP contribution in [0.3, 0.4) is 0 Å². The number of fused-ring (bicyclic) bond motifs is 1. The highest BCUT2D eigenvalue weighted by Gasteiger charge is 2.23.